The third-order valence-corrected chi connectivity index (χ3v) is 6.66. The molecule has 0 bridgehead atoms. The van der Waals surface area contributed by atoms with Gasteiger partial charge >= 0.3 is 5.97 Å². The second-order valence-electron chi connectivity index (χ2n) is 7.44. The number of halogens is 2. The van der Waals surface area contributed by atoms with E-state index < -0.39 is 17.8 Å². The van der Waals surface area contributed by atoms with Crippen molar-refractivity contribution in [3.8, 4) is 0 Å². The minimum atomic E-state index is -0.726. The molecule has 1 aliphatic carbocycles. The number of hydrogen-bond acceptors (Lipinski definition) is 7. The van der Waals surface area contributed by atoms with E-state index in [1.807, 2.05) is 5.38 Å². The Morgan fingerprint density at radius 3 is 2.73 bits per heavy atom. The highest BCUT2D eigenvalue weighted by molar-refractivity contribution is 7.11. The lowest BCUT2D eigenvalue weighted by Gasteiger charge is -2.34. The van der Waals surface area contributed by atoms with E-state index in [0.29, 0.717) is 22.0 Å². The monoisotopic (exact) mass is 448 g/mol. The first-order valence-corrected chi connectivity index (χ1v) is 11.0. The molecule has 2 aliphatic rings. The minimum Gasteiger partial charge on any atom is -0.466 e. The normalized spacial score (nSPS) is 24.3. The molecule has 158 valence electrons. The van der Waals surface area contributed by atoms with Crippen molar-refractivity contribution in [1.29, 1.82) is 0 Å². The number of ether oxygens (including phenoxy) is 1. The zero-order valence-electron chi connectivity index (χ0n) is 16.4. The van der Waals surface area contributed by atoms with Gasteiger partial charge in [-0.3, -0.25) is 4.99 Å². The number of esters is 1. The maximum absolute atomic E-state index is 13.7. The van der Waals surface area contributed by atoms with E-state index in [2.05, 4.69) is 10.3 Å². The highest BCUT2D eigenvalue weighted by Crippen LogP contribution is 2.40. The van der Waals surface area contributed by atoms with Crippen molar-refractivity contribution in [2.24, 2.45) is 16.6 Å². The summed E-state index contributed by atoms with van der Waals surface area (Å²) in [5.41, 5.74) is 7.79. The Labute approximate surface area is 183 Å². The van der Waals surface area contributed by atoms with Crippen molar-refractivity contribution >= 4 is 34.7 Å². The number of aliphatic imine (C=N–C) groups is 1. The molecule has 1 fully saturated rings. The Kier molecular flexibility index (Phi) is 6.17. The molecule has 2 heterocycles. The second kappa shape index (κ2) is 8.83. The van der Waals surface area contributed by atoms with Crippen molar-refractivity contribution in [2.75, 3.05) is 7.11 Å². The first kappa shape index (κ1) is 21.0. The average molecular weight is 449 g/mol. The number of nitrogens with two attached hydrogens (primary N) is 1. The molecule has 1 atom stereocenters. The first-order chi connectivity index (χ1) is 14.5. The number of thiazole rings is 1. The van der Waals surface area contributed by atoms with E-state index in [1.54, 1.807) is 12.3 Å². The van der Waals surface area contributed by atoms with E-state index in [4.69, 9.17) is 27.1 Å². The largest absolute Gasteiger partial charge is 0.466 e. The van der Waals surface area contributed by atoms with Crippen LogP contribution in [-0.2, 0) is 9.53 Å². The summed E-state index contributed by atoms with van der Waals surface area (Å²) in [6.45, 7) is 0. The van der Waals surface area contributed by atoms with Gasteiger partial charge in [0.1, 0.15) is 11.9 Å². The van der Waals surface area contributed by atoms with Crippen molar-refractivity contribution in [2.45, 2.75) is 37.8 Å². The summed E-state index contributed by atoms with van der Waals surface area (Å²) in [7, 11) is 1.34. The maximum Gasteiger partial charge on any atom is 0.338 e. The molecule has 1 aromatic carbocycles. The Balaban J connectivity index is 1.86. The van der Waals surface area contributed by atoms with Gasteiger partial charge in [0.2, 0.25) is 0 Å². The number of carbonyl (C=O) groups is 1. The number of nitrogens with one attached hydrogen (secondary N) is 1. The fourth-order valence-corrected chi connectivity index (χ4v) is 4.89. The molecule has 6 nitrogen and oxygen atoms in total. The molecule has 0 radical (unpaired) electrons. The summed E-state index contributed by atoms with van der Waals surface area (Å²) in [4.78, 5) is 22.0. The Morgan fingerprint density at radius 1 is 1.33 bits per heavy atom. The van der Waals surface area contributed by atoms with Crippen molar-refractivity contribution in [3.05, 3.63) is 62.5 Å². The molecular weight excluding hydrogens is 427 g/mol. The SMILES string of the molecule is COC(=O)C1=C(C2CCC(N)CC2)NC(c2nccs2)=NC1c1ccc(F)cc1Cl. The van der Waals surface area contributed by atoms with Gasteiger partial charge in [-0.2, -0.15) is 0 Å². The van der Waals surface area contributed by atoms with Gasteiger partial charge in [0.05, 0.1) is 12.7 Å². The van der Waals surface area contributed by atoms with Gasteiger partial charge in [0.15, 0.2) is 10.8 Å². The van der Waals surface area contributed by atoms with Crippen molar-refractivity contribution < 1.29 is 13.9 Å². The lowest BCUT2D eigenvalue weighted by Crippen LogP contribution is -2.39. The topological polar surface area (TPSA) is 89.6 Å². The van der Waals surface area contributed by atoms with Crippen LogP contribution in [0.15, 0.2) is 46.0 Å². The summed E-state index contributed by atoms with van der Waals surface area (Å²) in [5.74, 6) is -0.273. The third kappa shape index (κ3) is 4.12. The number of aromatic nitrogens is 1. The Hall–Kier alpha value is -2.29. The fraction of sp³-hybridized carbons (Fsp3) is 0.381. The van der Waals surface area contributed by atoms with Crippen LogP contribution < -0.4 is 11.1 Å². The molecule has 1 aromatic heterocycles. The van der Waals surface area contributed by atoms with Gasteiger partial charge in [0.25, 0.3) is 0 Å². The molecule has 0 spiro atoms. The van der Waals surface area contributed by atoms with Gasteiger partial charge in [-0.1, -0.05) is 17.7 Å². The molecular formula is C21H22ClFN4O2S. The average Bonchev–Trinajstić information content (AvgIpc) is 3.28. The second-order valence-corrected chi connectivity index (χ2v) is 8.74. The molecule has 30 heavy (non-hydrogen) atoms. The molecule has 0 amide bonds. The van der Waals surface area contributed by atoms with Crippen LogP contribution in [0.1, 0.15) is 42.3 Å². The Bertz CT molecular complexity index is 1000. The summed E-state index contributed by atoms with van der Waals surface area (Å²) < 4.78 is 18.8. The molecule has 1 saturated carbocycles. The molecule has 0 saturated heterocycles. The number of nitrogens with zero attached hydrogens (tertiary/aromatic N) is 2. The molecule has 2 aromatic rings. The van der Waals surface area contributed by atoms with Crippen molar-refractivity contribution in [3.63, 3.8) is 0 Å². The van der Waals surface area contributed by atoms with Crippen LogP contribution in [0.5, 0.6) is 0 Å². The minimum absolute atomic E-state index is 0.103. The summed E-state index contributed by atoms with van der Waals surface area (Å²) >= 11 is 7.81. The predicted molar refractivity (Wildman–Crippen MR) is 115 cm³/mol. The first-order valence-electron chi connectivity index (χ1n) is 9.75. The van der Waals surface area contributed by atoms with Crippen LogP contribution in [0.3, 0.4) is 0 Å². The van der Waals surface area contributed by atoms with Crippen LogP contribution in [0.4, 0.5) is 4.39 Å². The lowest BCUT2D eigenvalue weighted by molar-refractivity contribution is -0.136. The fourth-order valence-electron chi connectivity index (χ4n) is 4.03. The van der Waals surface area contributed by atoms with Crippen molar-refractivity contribution in [1.82, 2.24) is 10.3 Å². The third-order valence-electron chi connectivity index (χ3n) is 5.55. The van der Waals surface area contributed by atoms with Crippen LogP contribution in [0, 0.1) is 11.7 Å². The van der Waals surface area contributed by atoms with E-state index in [1.165, 1.54) is 30.6 Å². The molecule has 9 heteroatoms. The maximum atomic E-state index is 13.7. The summed E-state index contributed by atoms with van der Waals surface area (Å²) in [5, 5.41) is 6.12. The number of carbonyl (C=O) groups excluding carboxylic acids is 1. The van der Waals surface area contributed by atoms with Gasteiger partial charge < -0.3 is 15.8 Å². The molecule has 1 aliphatic heterocycles. The number of allylic oxidation sites excluding steroid dienone is 1. The van der Waals surface area contributed by atoms with E-state index in [-0.39, 0.29) is 17.0 Å². The summed E-state index contributed by atoms with van der Waals surface area (Å²) in [6, 6.07) is 3.55. The quantitative estimate of drug-likeness (QED) is 0.691. The van der Waals surface area contributed by atoms with E-state index in [9.17, 15) is 9.18 Å². The number of amidine groups is 1. The van der Waals surface area contributed by atoms with Crippen LogP contribution in [0.25, 0.3) is 0 Å². The number of methoxy groups -OCH3 is 1. The van der Waals surface area contributed by atoms with Gasteiger partial charge in [0, 0.05) is 33.9 Å². The molecule has 4 rings (SSSR count). The van der Waals surface area contributed by atoms with Gasteiger partial charge in [-0.05, 0) is 43.7 Å². The van der Waals surface area contributed by atoms with Crippen LogP contribution in [0.2, 0.25) is 5.02 Å². The standard InChI is InChI=1S/C21H22ClFN4O2S/c1-29-21(28)16-17(11-2-5-13(24)6-3-11)26-19(20-25-8-9-30-20)27-18(16)14-7-4-12(23)10-15(14)22/h4,7-11,13,18H,2-3,5-6,24H2,1H3,(H,26,27). The highest BCUT2D eigenvalue weighted by atomic mass is 35.5. The smallest absolute Gasteiger partial charge is 0.338 e. The lowest BCUT2D eigenvalue weighted by atomic mass is 9.80. The number of hydrogen-bond donors (Lipinski definition) is 2. The van der Waals surface area contributed by atoms with Crippen LogP contribution in [-0.4, -0.2) is 29.9 Å². The molecule has 3 N–H and O–H groups in total. The number of rotatable bonds is 4. The highest BCUT2D eigenvalue weighted by Gasteiger charge is 2.37. The number of benzene rings is 1. The van der Waals surface area contributed by atoms with Gasteiger partial charge in [-0.25, -0.2) is 14.2 Å². The van der Waals surface area contributed by atoms with Gasteiger partial charge in [-0.15, -0.1) is 11.3 Å². The zero-order chi connectivity index (χ0) is 21.3. The van der Waals surface area contributed by atoms with Crippen LogP contribution >= 0.6 is 22.9 Å². The van der Waals surface area contributed by atoms with E-state index in [0.717, 1.165) is 31.4 Å². The van der Waals surface area contributed by atoms with E-state index >= 15 is 0 Å². The molecule has 1 unspecified atom stereocenters. The zero-order valence-corrected chi connectivity index (χ0v) is 18.0. The summed E-state index contributed by atoms with van der Waals surface area (Å²) in [6.07, 6.45) is 5.13. The predicted octanol–water partition coefficient (Wildman–Crippen LogP) is 3.97. The Morgan fingerprint density at radius 2 is 2.10 bits per heavy atom.